The van der Waals surface area contributed by atoms with E-state index in [1.165, 1.54) is 5.56 Å². The van der Waals surface area contributed by atoms with Crippen molar-refractivity contribution in [2.24, 2.45) is 0 Å². The SMILES string of the molecule is [C-]#[N+]c1c(C)cn(C(C)c2ccccc2)c1N. The second-order valence-corrected chi connectivity index (χ2v) is 4.15. The van der Waals surface area contributed by atoms with E-state index in [9.17, 15) is 0 Å². The second-order valence-electron chi connectivity index (χ2n) is 4.15. The first-order valence-electron chi connectivity index (χ1n) is 5.54. The Kier molecular flexibility index (Phi) is 2.88. The topological polar surface area (TPSA) is 35.3 Å². The minimum absolute atomic E-state index is 0.144. The fourth-order valence-corrected chi connectivity index (χ4v) is 2.02. The van der Waals surface area contributed by atoms with Gasteiger partial charge in [0.1, 0.15) is 5.82 Å². The van der Waals surface area contributed by atoms with Gasteiger partial charge < -0.3 is 10.3 Å². The molecule has 1 aromatic carbocycles. The minimum Gasteiger partial charge on any atom is -0.394 e. The van der Waals surface area contributed by atoms with Gasteiger partial charge in [0.15, 0.2) is 0 Å². The molecule has 0 saturated carbocycles. The lowest BCUT2D eigenvalue weighted by Gasteiger charge is -2.16. The molecule has 3 nitrogen and oxygen atoms in total. The molecule has 1 atom stereocenters. The van der Waals surface area contributed by atoms with Crippen LogP contribution in [0, 0.1) is 13.5 Å². The van der Waals surface area contributed by atoms with E-state index in [0.717, 1.165) is 5.56 Å². The number of rotatable bonds is 2. The second kappa shape index (κ2) is 4.34. The van der Waals surface area contributed by atoms with Crippen molar-refractivity contribution >= 4 is 11.5 Å². The van der Waals surface area contributed by atoms with Crippen molar-refractivity contribution in [2.75, 3.05) is 5.73 Å². The minimum atomic E-state index is 0.144. The molecule has 1 unspecified atom stereocenters. The molecule has 2 N–H and O–H groups in total. The number of nitrogens with zero attached hydrogens (tertiary/aromatic N) is 2. The number of benzene rings is 1. The zero-order valence-corrected chi connectivity index (χ0v) is 10.0. The van der Waals surface area contributed by atoms with Gasteiger partial charge in [0, 0.05) is 0 Å². The van der Waals surface area contributed by atoms with Crippen LogP contribution in [0.5, 0.6) is 0 Å². The lowest BCUT2D eigenvalue weighted by Crippen LogP contribution is -2.08. The number of nitrogen functional groups attached to an aromatic ring is 1. The van der Waals surface area contributed by atoms with Crippen molar-refractivity contribution in [3.05, 3.63) is 59.1 Å². The van der Waals surface area contributed by atoms with Crippen LogP contribution in [0.4, 0.5) is 11.5 Å². The highest BCUT2D eigenvalue weighted by Crippen LogP contribution is 2.33. The largest absolute Gasteiger partial charge is 0.394 e. The monoisotopic (exact) mass is 225 g/mol. The highest BCUT2D eigenvalue weighted by atomic mass is 15.1. The Morgan fingerprint density at radius 2 is 1.94 bits per heavy atom. The van der Waals surface area contributed by atoms with Gasteiger partial charge in [-0.3, -0.25) is 0 Å². The Morgan fingerprint density at radius 1 is 1.29 bits per heavy atom. The third kappa shape index (κ3) is 1.90. The number of hydrogen-bond acceptors (Lipinski definition) is 1. The first kappa shape index (κ1) is 11.3. The Hall–Kier alpha value is -2.21. The summed E-state index contributed by atoms with van der Waals surface area (Å²) >= 11 is 0. The van der Waals surface area contributed by atoms with Crippen LogP contribution >= 0.6 is 0 Å². The third-order valence-corrected chi connectivity index (χ3v) is 3.04. The van der Waals surface area contributed by atoms with Crippen LogP contribution in [0.25, 0.3) is 4.85 Å². The zero-order chi connectivity index (χ0) is 12.4. The van der Waals surface area contributed by atoms with Crippen molar-refractivity contribution < 1.29 is 0 Å². The average Bonchev–Trinajstić information content (AvgIpc) is 2.64. The molecule has 86 valence electrons. The number of aryl methyl sites for hydroxylation is 1. The molecular formula is C14H15N3. The van der Waals surface area contributed by atoms with Crippen molar-refractivity contribution in [3.8, 4) is 0 Å². The van der Waals surface area contributed by atoms with Crippen molar-refractivity contribution in [1.29, 1.82) is 0 Å². The van der Waals surface area contributed by atoms with Crippen LogP contribution in [0.2, 0.25) is 0 Å². The molecule has 2 aromatic rings. The maximum absolute atomic E-state index is 7.12. The van der Waals surface area contributed by atoms with E-state index >= 15 is 0 Å². The summed E-state index contributed by atoms with van der Waals surface area (Å²) in [5.41, 5.74) is 8.68. The molecule has 17 heavy (non-hydrogen) atoms. The molecule has 1 heterocycles. The number of anilines is 1. The van der Waals surface area contributed by atoms with Crippen LogP contribution in [0.15, 0.2) is 36.5 Å². The molecule has 0 aliphatic rings. The van der Waals surface area contributed by atoms with E-state index in [0.29, 0.717) is 11.5 Å². The van der Waals surface area contributed by atoms with Crippen LogP contribution in [-0.4, -0.2) is 4.57 Å². The zero-order valence-electron chi connectivity index (χ0n) is 10.0. The molecular weight excluding hydrogens is 210 g/mol. The molecule has 0 amide bonds. The maximum Gasteiger partial charge on any atom is 0.230 e. The quantitative estimate of drug-likeness (QED) is 0.779. The van der Waals surface area contributed by atoms with Crippen molar-refractivity contribution in [3.63, 3.8) is 0 Å². The van der Waals surface area contributed by atoms with Gasteiger partial charge in [0.2, 0.25) is 5.69 Å². The van der Waals surface area contributed by atoms with Crippen LogP contribution in [0.3, 0.4) is 0 Å². The predicted molar refractivity (Wildman–Crippen MR) is 70.1 cm³/mol. The standard InChI is InChI=1S/C14H15N3/c1-10-9-17(14(15)13(10)16-3)11(2)12-7-5-4-6-8-12/h4-9,11H,15H2,1-2H3. The van der Waals surface area contributed by atoms with Gasteiger partial charge in [-0.1, -0.05) is 30.3 Å². The predicted octanol–water partition coefficient (Wildman–Crippen LogP) is 3.54. The molecule has 0 spiro atoms. The molecule has 0 bridgehead atoms. The van der Waals surface area contributed by atoms with E-state index in [2.05, 4.69) is 23.9 Å². The van der Waals surface area contributed by atoms with Gasteiger partial charge in [-0.2, -0.15) is 0 Å². The van der Waals surface area contributed by atoms with Gasteiger partial charge in [-0.15, -0.1) is 0 Å². The van der Waals surface area contributed by atoms with E-state index in [1.807, 2.05) is 35.9 Å². The van der Waals surface area contributed by atoms with Crippen molar-refractivity contribution in [1.82, 2.24) is 4.57 Å². The molecule has 0 fully saturated rings. The van der Waals surface area contributed by atoms with Crippen LogP contribution in [0.1, 0.15) is 24.1 Å². The summed E-state index contributed by atoms with van der Waals surface area (Å²) in [7, 11) is 0. The van der Waals surface area contributed by atoms with Crippen LogP contribution in [-0.2, 0) is 0 Å². The summed E-state index contributed by atoms with van der Waals surface area (Å²) in [5.74, 6) is 0.550. The van der Waals surface area contributed by atoms with Crippen molar-refractivity contribution in [2.45, 2.75) is 19.9 Å². The highest BCUT2D eigenvalue weighted by molar-refractivity contribution is 5.69. The molecule has 0 aliphatic heterocycles. The van der Waals surface area contributed by atoms with Crippen LogP contribution < -0.4 is 5.73 Å². The number of nitrogens with two attached hydrogens (primary N) is 1. The molecule has 0 aliphatic carbocycles. The Balaban J connectivity index is 2.46. The smallest absolute Gasteiger partial charge is 0.230 e. The van der Waals surface area contributed by atoms with Gasteiger partial charge in [0.05, 0.1) is 12.6 Å². The first-order valence-corrected chi connectivity index (χ1v) is 5.54. The molecule has 2 rings (SSSR count). The normalized spacial score (nSPS) is 12.1. The van der Waals surface area contributed by atoms with Gasteiger partial charge >= 0.3 is 0 Å². The number of aromatic nitrogens is 1. The summed E-state index contributed by atoms with van der Waals surface area (Å²) in [6.07, 6.45) is 1.94. The summed E-state index contributed by atoms with van der Waals surface area (Å²) in [5, 5.41) is 0. The number of hydrogen-bond donors (Lipinski definition) is 1. The summed E-state index contributed by atoms with van der Waals surface area (Å²) in [6, 6.07) is 10.3. The molecule has 0 radical (unpaired) electrons. The molecule has 0 saturated heterocycles. The summed E-state index contributed by atoms with van der Waals surface area (Å²) < 4.78 is 1.96. The molecule has 1 aromatic heterocycles. The maximum atomic E-state index is 7.12. The van der Waals surface area contributed by atoms with Gasteiger partial charge in [0.25, 0.3) is 0 Å². The lowest BCUT2D eigenvalue weighted by molar-refractivity contribution is 0.651. The Morgan fingerprint density at radius 3 is 2.47 bits per heavy atom. The highest BCUT2D eigenvalue weighted by Gasteiger charge is 2.15. The van der Waals surface area contributed by atoms with Gasteiger partial charge in [-0.05, 0) is 31.2 Å². The average molecular weight is 225 g/mol. The Labute approximate surface area is 101 Å². The first-order chi connectivity index (χ1) is 8.15. The van der Waals surface area contributed by atoms with Gasteiger partial charge in [-0.25, -0.2) is 4.85 Å². The fourth-order valence-electron chi connectivity index (χ4n) is 2.02. The fraction of sp³-hybridized carbons (Fsp3) is 0.214. The van der Waals surface area contributed by atoms with E-state index in [1.54, 1.807) is 0 Å². The van der Waals surface area contributed by atoms with E-state index < -0.39 is 0 Å². The third-order valence-electron chi connectivity index (χ3n) is 3.04. The lowest BCUT2D eigenvalue weighted by atomic mass is 10.1. The molecule has 3 heteroatoms. The van der Waals surface area contributed by atoms with E-state index in [-0.39, 0.29) is 6.04 Å². The summed E-state index contributed by atoms with van der Waals surface area (Å²) in [6.45, 7) is 11.1. The summed E-state index contributed by atoms with van der Waals surface area (Å²) in [4.78, 5) is 3.47. The van der Waals surface area contributed by atoms with E-state index in [4.69, 9.17) is 12.3 Å². The Bertz CT molecular complexity index is 561.